The van der Waals surface area contributed by atoms with Gasteiger partial charge in [-0.25, -0.2) is 4.98 Å². The second kappa shape index (κ2) is 4.66. The van der Waals surface area contributed by atoms with E-state index in [1.807, 2.05) is 30.8 Å². The molecule has 0 spiro atoms. The van der Waals surface area contributed by atoms with Crippen molar-refractivity contribution < 1.29 is 0 Å². The van der Waals surface area contributed by atoms with Crippen molar-refractivity contribution in [1.29, 1.82) is 5.26 Å². The molecule has 2 aromatic rings. The van der Waals surface area contributed by atoms with Gasteiger partial charge in [0.05, 0.1) is 17.4 Å². The average molecular weight is 227 g/mol. The summed E-state index contributed by atoms with van der Waals surface area (Å²) in [4.78, 5) is 4.30. The Labute approximate surface area is 99.7 Å². The summed E-state index contributed by atoms with van der Waals surface area (Å²) >= 11 is 0. The number of aromatic nitrogens is 3. The van der Waals surface area contributed by atoms with Gasteiger partial charge in [0.25, 0.3) is 0 Å². The Kier molecular flexibility index (Phi) is 3.06. The van der Waals surface area contributed by atoms with Crippen LogP contribution in [0.25, 0.3) is 0 Å². The molecule has 0 aliphatic carbocycles. The minimum atomic E-state index is 0.528. The topological polar surface area (TPSA) is 66.5 Å². The van der Waals surface area contributed by atoms with Crippen LogP contribution in [0.5, 0.6) is 0 Å². The quantitative estimate of drug-likeness (QED) is 0.873. The fourth-order valence-corrected chi connectivity index (χ4v) is 1.48. The van der Waals surface area contributed by atoms with E-state index in [1.54, 1.807) is 12.3 Å². The molecule has 0 aliphatic heterocycles. The number of hydrogen-bond donors (Lipinski definition) is 1. The molecule has 0 aromatic carbocycles. The number of nitrogens with zero attached hydrogens (tertiary/aromatic N) is 4. The summed E-state index contributed by atoms with van der Waals surface area (Å²) in [5.74, 6) is 0.572. The van der Waals surface area contributed by atoms with Crippen LogP contribution in [0, 0.1) is 18.3 Å². The summed E-state index contributed by atoms with van der Waals surface area (Å²) in [7, 11) is 0. The van der Waals surface area contributed by atoms with Crippen molar-refractivity contribution >= 4 is 11.5 Å². The minimum absolute atomic E-state index is 0.528. The van der Waals surface area contributed by atoms with Crippen LogP contribution in [0.15, 0.2) is 24.5 Å². The Morgan fingerprint density at radius 1 is 1.47 bits per heavy atom. The number of nitriles is 1. The summed E-state index contributed by atoms with van der Waals surface area (Å²) in [5.41, 5.74) is 2.23. The van der Waals surface area contributed by atoms with Crippen molar-refractivity contribution in [2.45, 2.75) is 20.4 Å². The molecule has 0 atom stereocenters. The lowest BCUT2D eigenvalue weighted by atomic mass is 10.2. The van der Waals surface area contributed by atoms with Crippen LogP contribution >= 0.6 is 0 Å². The molecule has 0 unspecified atom stereocenters. The summed E-state index contributed by atoms with van der Waals surface area (Å²) < 4.78 is 1.81. The first-order valence-corrected chi connectivity index (χ1v) is 5.40. The van der Waals surface area contributed by atoms with Gasteiger partial charge in [-0.15, -0.1) is 0 Å². The Morgan fingerprint density at radius 2 is 2.29 bits per heavy atom. The van der Waals surface area contributed by atoms with Crippen molar-refractivity contribution in [2.24, 2.45) is 0 Å². The predicted molar refractivity (Wildman–Crippen MR) is 64.9 cm³/mol. The molecule has 2 heterocycles. The van der Waals surface area contributed by atoms with E-state index < -0.39 is 0 Å². The third-order valence-corrected chi connectivity index (χ3v) is 2.37. The minimum Gasteiger partial charge on any atom is -0.337 e. The van der Waals surface area contributed by atoms with E-state index in [0.29, 0.717) is 11.4 Å². The summed E-state index contributed by atoms with van der Waals surface area (Å²) in [6, 6.07) is 5.69. The zero-order valence-corrected chi connectivity index (χ0v) is 9.81. The van der Waals surface area contributed by atoms with Gasteiger partial charge in [0.1, 0.15) is 11.9 Å². The second-order valence-electron chi connectivity index (χ2n) is 3.67. The monoisotopic (exact) mass is 227 g/mol. The number of hydrogen-bond acceptors (Lipinski definition) is 4. The number of rotatable bonds is 3. The summed E-state index contributed by atoms with van der Waals surface area (Å²) in [6.45, 7) is 4.72. The van der Waals surface area contributed by atoms with Gasteiger partial charge in [-0.05, 0) is 26.0 Å². The Morgan fingerprint density at radius 3 is 2.94 bits per heavy atom. The van der Waals surface area contributed by atoms with Crippen molar-refractivity contribution in [2.75, 3.05) is 5.32 Å². The molecule has 2 rings (SSSR count). The molecule has 0 saturated carbocycles. The highest BCUT2D eigenvalue weighted by atomic mass is 15.3. The van der Waals surface area contributed by atoms with E-state index in [-0.39, 0.29) is 0 Å². The molecule has 0 radical (unpaired) electrons. The van der Waals surface area contributed by atoms with Gasteiger partial charge in [-0.2, -0.15) is 10.4 Å². The van der Waals surface area contributed by atoms with Gasteiger partial charge in [0.15, 0.2) is 0 Å². The van der Waals surface area contributed by atoms with Crippen molar-refractivity contribution in [1.82, 2.24) is 14.8 Å². The molecule has 0 bridgehead atoms. The first-order chi connectivity index (χ1) is 8.22. The van der Waals surface area contributed by atoms with E-state index in [4.69, 9.17) is 5.26 Å². The van der Waals surface area contributed by atoms with Crippen LogP contribution in [0.3, 0.4) is 0 Å². The smallest absolute Gasteiger partial charge is 0.148 e. The van der Waals surface area contributed by atoms with Crippen LogP contribution in [0.2, 0.25) is 0 Å². The van der Waals surface area contributed by atoms with Crippen LogP contribution in [-0.4, -0.2) is 14.8 Å². The highest BCUT2D eigenvalue weighted by Crippen LogP contribution is 2.18. The molecule has 5 nitrogen and oxygen atoms in total. The lowest BCUT2D eigenvalue weighted by Crippen LogP contribution is -1.97. The van der Waals surface area contributed by atoms with E-state index in [2.05, 4.69) is 21.5 Å². The summed E-state index contributed by atoms with van der Waals surface area (Å²) in [5, 5.41) is 16.2. The highest BCUT2D eigenvalue weighted by Gasteiger charge is 2.05. The molecular weight excluding hydrogens is 214 g/mol. The van der Waals surface area contributed by atoms with Gasteiger partial charge in [-0.1, -0.05) is 0 Å². The lowest BCUT2D eigenvalue weighted by Gasteiger charge is -2.05. The Balaban J connectivity index is 2.29. The van der Waals surface area contributed by atoms with Crippen LogP contribution < -0.4 is 5.32 Å². The second-order valence-corrected chi connectivity index (χ2v) is 3.67. The van der Waals surface area contributed by atoms with Crippen LogP contribution in [-0.2, 0) is 6.54 Å². The maximum absolute atomic E-state index is 8.99. The molecule has 2 aromatic heterocycles. The average Bonchev–Trinajstić information content (AvgIpc) is 2.77. The zero-order valence-electron chi connectivity index (χ0n) is 9.81. The van der Waals surface area contributed by atoms with E-state index in [0.717, 1.165) is 17.9 Å². The third-order valence-electron chi connectivity index (χ3n) is 2.37. The molecule has 17 heavy (non-hydrogen) atoms. The van der Waals surface area contributed by atoms with Gasteiger partial charge < -0.3 is 5.32 Å². The molecule has 0 amide bonds. The maximum atomic E-state index is 8.99. The van der Waals surface area contributed by atoms with Gasteiger partial charge in [0.2, 0.25) is 0 Å². The van der Waals surface area contributed by atoms with Crippen molar-refractivity contribution in [3.05, 3.63) is 35.8 Å². The standard InChI is InChI=1S/C12H13N5/c1-3-17-8-11(7-14-17)16-12-10(6-13)5-4-9(2)15-12/h4-5,7-8H,3H2,1-2H3,(H,15,16). The maximum Gasteiger partial charge on any atom is 0.148 e. The normalized spacial score (nSPS) is 9.94. The molecule has 5 heteroatoms. The van der Waals surface area contributed by atoms with Crippen molar-refractivity contribution in [3.63, 3.8) is 0 Å². The first kappa shape index (κ1) is 11.1. The SMILES string of the molecule is CCn1cc(Nc2nc(C)ccc2C#N)cn1. The molecular formula is C12H13N5. The Bertz CT molecular complexity index is 565. The number of nitrogens with one attached hydrogen (secondary N) is 1. The predicted octanol–water partition coefficient (Wildman–Crippen LogP) is 2.22. The summed E-state index contributed by atoms with van der Waals surface area (Å²) in [6.07, 6.45) is 3.60. The molecule has 0 aliphatic rings. The van der Waals surface area contributed by atoms with Gasteiger partial charge in [-0.3, -0.25) is 4.68 Å². The third kappa shape index (κ3) is 2.42. The van der Waals surface area contributed by atoms with Gasteiger partial charge >= 0.3 is 0 Å². The number of aryl methyl sites for hydroxylation is 2. The first-order valence-electron chi connectivity index (χ1n) is 5.40. The van der Waals surface area contributed by atoms with E-state index in [9.17, 15) is 0 Å². The molecule has 1 N–H and O–H groups in total. The molecule has 0 fully saturated rings. The highest BCUT2D eigenvalue weighted by molar-refractivity contribution is 5.61. The fourth-order valence-electron chi connectivity index (χ4n) is 1.48. The zero-order chi connectivity index (χ0) is 12.3. The van der Waals surface area contributed by atoms with Crippen LogP contribution in [0.1, 0.15) is 18.2 Å². The van der Waals surface area contributed by atoms with Gasteiger partial charge in [0, 0.05) is 18.4 Å². The number of anilines is 2. The fraction of sp³-hybridized carbons (Fsp3) is 0.250. The van der Waals surface area contributed by atoms with E-state index in [1.165, 1.54) is 0 Å². The van der Waals surface area contributed by atoms with E-state index >= 15 is 0 Å². The largest absolute Gasteiger partial charge is 0.337 e. The van der Waals surface area contributed by atoms with Crippen molar-refractivity contribution in [3.8, 4) is 6.07 Å². The number of pyridine rings is 1. The lowest BCUT2D eigenvalue weighted by molar-refractivity contribution is 0.660. The Hall–Kier alpha value is -2.35. The molecule has 86 valence electrons. The van der Waals surface area contributed by atoms with Crippen LogP contribution in [0.4, 0.5) is 11.5 Å². The molecule has 0 saturated heterocycles.